The van der Waals surface area contributed by atoms with Gasteiger partial charge < -0.3 is 9.64 Å². The molecule has 0 spiro atoms. The molecule has 7 heteroatoms. The van der Waals surface area contributed by atoms with Crippen LogP contribution in [0.15, 0.2) is 35.1 Å². The Kier molecular flexibility index (Phi) is 5.21. The highest BCUT2D eigenvalue weighted by atomic mass is 16.5. The number of amides is 1. The van der Waals surface area contributed by atoms with Crippen LogP contribution in [0.4, 0.5) is 0 Å². The van der Waals surface area contributed by atoms with Crippen molar-refractivity contribution < 1.29 is 9.53 Å². The quantitative estimate of drug-likeness (QED) is 0.822. The molecular weight excluding hydrogens is 320 g/mol. The zero-order valence-electron chi connectivity index (χ0n) is 14.7. The standard InChI is InChI=1S/C18H24N4O3/c1-3-22-17(19-20(2)18(22)24)14-9-11-21(12-10-14)16(23)13-25-15-7-5-4-6-8-15/h4-8,14H,3,9-13H2,1-2H3. The number of carbonyl (C=O) groups excluding carboxylic acids is 1. The summed E-state index contributed by atoms with van der Waals surface area (Å²) in [5.74, 6) is 1.75. The minimum Gasteiger partial charge on any atom is -0.484 e. The summed E-state index contributed by atoms with van der Waals surface area (Å²) in [7, 11) is 1.68. The number of nitrogens with zero attached hydrogens (tertiary/aromatic N) is 4. The van der Waals surface area contributed by atoms with Crippen LogP contribution in [0.2, 0.25) is 0 Å². The molecular formula is C18H24N4O3. The summed E-state index contributed by atoms with van der Waals surface area (Å²) < 4.78 is 8.65. The molecule has 1 aromatic heterocycles. The van der Waals surface area contributed by atoms with Crippen LogP contribution >= 0.6 is 0 Å². The van der Waals surface area contributed by atoms with Crippen molar-refractivity contribution in [2.45, 2.75) is 32.2 Å². The first kappa shape index (κ1) is 17.3. The van der Waals surface area contributed by atoms with E-state index in [1.807, 2.05) is 42.2 Å². The van der Waals surface area contributed by atoms with Gasteiger partial charge in [-0.1, -0.05) is 18.2 Å². The number of ether oxygens (including phenoxy) is 1. The van der Waals surface area contributed by atoms with Gasteiger partial charge in [-0.3, -0.25) is 9.36 Å². The minimum absolute atomic E-state index is 0.00351. The summed E-state index contributed by atoms with van der Waals surface area (Å²) >= 11 is 0. The smallest absolute Gasteiger partial charge is 0.345 e. The third-order valence-corrected chi connectivity index (χ3v) is 4.67. The predicted molar refractivity (Wildman–Crippen MR) is 93.6 cm³/mol. The van der Waals surface area contributed by atoms with E-state index in [4.69, 9.17) is 4.74 Å². The van der Waals surface area contributed by atoms with Crippen LogP contribution in [-0.2, 0) is 18.4 Å². The molecule has 1 aliphatic rings. The summed E-state index contributed by atoms with van der Waals surface area (Å²) in [4.78, 5) is 26.2. The molecule has 0 atom stereocenters. The molecule has 7 nitrogen and oxygen atoms in total. The maximum atomic E-state index is 12.3. The number of carbonyl (C=O) groups is 1. The highest BCUT2D eigenvalue weighted by molar-refractivity contribution is 5.77. The third kappa shape index (κ3) is 3.75. The zero-order valence-corrected chi connectivity index (χ0v) is 14.7. The van der Waals surface area contributed by atoms with Crippen molar-refractivity contribution in [2.24, 2.45) is 7.05 Å². The second-order valence-electron chi connectivity index (χ2n) is 6.27. The van der Waals surface area contributed by atoms with Crippen molar-refractivity contribution in [3.8, 4) is 5.75 Å². The van der Waals surface area contributed by atoms with Crippen LogP contribution in [-0.4, -0.2) is 44.9 Å². The number of aryl methyl sites for hydroxylation is 1. The maximum Gasteiger partial charge on any atom is 0.345 e. The summed E-state index contributed by atoms with van der Waals surface area (Å²) in [6.07, 6.45) is 1.63. The first-order valence-electron chi connectivity index (χ1n) is 8.69. The molecule has 1 saturated heterocycles. The fraction of sp³-hybridized carbons (Fsp3) is 0.500. The number of hydrogen-bond acceptors (Lipinski definition) is 4. The van der Waals surface area contributed by atoms with E-state index in [-0.39, 0.29) is 24.1 Å². The molecule has 1 aromatic carbocycles. The fourth-order valence-corrected chi connectivity index (χ4v) is 3.26. The average Bonchev–Trinajstić information content (AvgIpc) is 2.95. The van der Waals surface area contributed by atoms with E-state index in [2.05, 4.69) is 5.10 Å². The highest BCUT2D eigenvalue weighted by Gasteiger charge is 2.28. The minimum atomic E-state index is -0.0766. The van der Waals surface area contributed by atoms with Gasteiger partial charge in [0.25, 0.3) is 5.91 Å². The first-order valence-corrected chi connectivity index (χ1v) is 8.69. The summed E-state index contributed by atoms with van der Waals surface area (Å²) in [5, 5.41) is 4.39. The maximum absolute atomic E-state index is 12.3. The lowest BCUT2D eigenvalue weighted by Crippen LogP contribution is -2.41. The Morgan fingerprint density at radius 2 is 1.92 bits per heavy atom. The summed E-state index contributed by atoms with van der Waals surface area (Å²) in [6, 6.07) is 9.35. The van der Waals surface area contributed by atoms with E-state index < -0.39 is 0 Å². The van der Waals surface area contributed by atoms with Gasteiger partial charge in [-0.05, 0) is 31.9 Å². The van der Waals surface area contributed by atoms with Crippen LogP contribution < -0.4 is 10.4 Å². The number of hydrogen-bond donors (Lipinski definition) is 0. The SMILES string of the molecule is CCn1c(C2CCN(C(=O)COc3ccccc3)CC2)nn(C)c1=O. The zero-order chi connectivity index (χ0) is 17.8. The van der Waals surface area contributed by atoms with Gasteiger partial charge in [-0.25, -0.2) is 9.48 Å². The van der Waals surface area contributed by atoms with Crippen molar-refractivity contribution in [1.29, 1.82) is 0 Å². The molecule has 1 amide bonds. The molecule has 0 bridgehead atoms. The molecule has 3 rings (SSSR count). The summed E-state index contributed by atoms with van der Waals surface area (Å²) in [5.41, 5.74) is -0.0766. The Morgan fingerprint density at radius 1 is 1.24 bits per heavy atom. The molecule has 2 aromatic rings. The Bertz CT molecular complexity index is 773. The van der Waals surface area contributed by atoms with Gasteiger partial charge in [0.05, 0.1) is 0 Å². The van der Waals surface area contributed by atoms with Crippen LogP contribution in [0.5, 0.6) is 5.75 Å². The number of likely N-dealkylation sites (tertiary alicyclic amines) is 1. The van der Waals surface area contributed by atoms with E-state index >= 15 is 0 Å². The van der Waals surface area contributed by atoms with Crippen molar-refractivity contribution in [3.05, 3.63) is 46.6 Å². The second-order valence-corrected chi connectivity index (χ2v) is 6.27. The lowest BCUT2D eigenvalue weighted by Gasteiger charge is -2.31. The third-order valence-electron chi connectivity index (χ3n) is 4.67. The first-order chi connectivity index (χ1) is 12.1. The Labute approximate surface area is 146 Å². The molecule has 2 heterocycles. The number of benzene rings is 1. The van der Waals surface area contributed by atoms with E-state index in [0.29, 0.717) is 25.4 Å². The van der Waals surface area contributed by atoms with E-state index in [1.165, 1.54) is 4.68 Å². The van der Waals surface area contributed by atoms with Crippen LogP contribution in [0.1, 0.15) is 31.5 Å². The molecule has 0 saturated carbocycles. The van der Waals surface area contributed by atoms with Gasteiger partial charge in [-0.15, -0.1) is 0 Å². The lowest BCUT2D eigenvalue weighted by atomic mass is 9.96. The van der Waals surface area contributed by atoms with E-state index in [0.717, 1.165) is 18.7 Å². The van der Waals surface area contributed by atoms with Gasteiger partial charge in [0, 0.05) is 32.6 Å². The normalized spacial score (nSPS) is 15.4. The van der Waals surface area contributed by atoms with E-state index in [9.17, 15) is 9.59 Å². The Hall–Kier alpha value is -2.57. The number of piperidine rings is 1. The number of para-hydroxylation sites is 1. The molecule has 1 fully saturated rings. The topological polar surface area (TPSA) is 69.4 Å². The highest BCUT2D eigenvalue weighted by Crippen LogP contribution is 2.26. The predicted octanol–water partition coefficient (Wildman–Crippen LogP) is 1.39. The molecule has 1 aliphatic heterocycles. The van der Waals surface area contributed by atoms with Gasteiger partial charge in [0.15, 0.2) is 6.61 Å². The van der Waals surface area contributed by atoms with Gasteiger partial charge in [0.2, 0.25) is 0 Å². The fourth-order valence-electron chi connectivity index (χ4n) is 3.26. The molecule has 0 N–H and O–H groups in total. The van der Waals surface area contributed by atoms with Crippen molar-refractivity contribution >= 4 is 5.91 Å². The largest absolute Gasteiger partial charge is 0.484 e. The van der Waals surface area contributed by atoms with Crippen LogP contribution in [0, 0.1) is 0 Å². The van der Waals surface area contributed by atoms with Gasteiger partial charge in [0.1, 0.15) is 11.6 Å². The molecule has 0 radical (unpaired) electrons. The molecule has 0 aliphatic carbocycles. The molecule has 0 unspecified atom stereocenters. The van der Waals surface area contributed by atoms with Crippen molar-refractivity contribution in [3.63, 3.8) is 0 Å². The number of aromatic nitrogens is 3. The van der Waals surface area contributed by atoms with Crippen LogP contribution in [0.3, 0.4) is 0 Å². The lowest BCUT2D eigenvalue weighted by molar-refractivity contribution is -0.134. The van der Waals surface area contributed by atoms with Gasteiger partial charge >= 0.3 is 5.69 Å². The molecule has 134 valence electrons. The average molecular weight is 344 g/mol. The molecule has 25 heavy (non-hydrogen) atoms. The van der Waals surface area contributed by atoms with Crippen LogP contribution in [0.25, 0.3) is 0 Å². The van der Waals surface area contributed by atoms with Gasteiger partial charge in [-0.2, -0.15) is 5.10 Å². The van der Waals surface area contributed by atoms with E-state index in [1.54, 1.807) is 11.6 Å². The van der Waals surface area contributed by atoms with Crippen molar-refractivity contribution in [2.75, 3.05) is 19.7 Å². The summed E-state index contributed by atoms with van der Waals surface area (Å²) in [6.45, 7) is 3.95. The second kappa shape index (κ2) is 7.55. The monoisotopic (exact) mass is 344 g/mol. The number of rotatable bonds is 5. The Morgan fingerprint density at radius 3 is 2.56 bits per heavy atom. The van der Waals surface area contributed by atoms with Crippen molar-refractivity contribution in [1.82, 2.24) is 19.2 Å². The Balaban J connectivity index is 1.56.